The van der Waals surface area contributed by atoms with Crippen LogP contribution in [0.2, 0.25) is 0 Å². The molecule has 0 atom stereocenters. The number of nitrogens with one attached hydrogen (secondary N) is 1. The normalized spacial score (nSPS) is 11.0. The predicted molar refractivity (Wildman–Crippen MR) is 57.9 cm³/mol. The van der Waals surface area contributed by atoms with Crippen molar-refractivity contribution in [3.05, 3.63) is 30.6 Å². The molecule has 0 radical (unpaired) electrons. The van der Waals surface area contributed by atoms with E-state index in [1.54, 1.807) is 19.5 Å². The van der Waals surface area contributed by atoms with Crippen molar-refractivity contribution in [2.45, 2.75) is 0 Å². The number of aromatic amines is 1. The Bertz CT molecular complexity index is 630. The van der Waals surface area contributed by atoms with E-state index in [-0.39, 0.29) is 0 Å². The Morgan fingerprint density at radius 2 is 2.20 bits per heavy atom. The van der Waals surface area contributed by atoms with Crippen LogP contribution >= 0.6 is 0 Å². The van der Waals surface area contributed by atoms with Gasteiger partial charge in [0.2, 0.25) is 0 Å². The van der Waals surface area contributed by atoms with E-state index in [0.717, 1.165) is 27.6 Å². The second kappa shape index (κ2) is 2.95. The Hall–Kier alpha value is -2.10. The van der Waals surface area contributed by atoms with Crippen LogP contribution in [0.25, 0.3) is 21.8 Å². The van der Waals surface area contributed by atoms with Crippen LogP contribution in [0.5, 0.6) is 5.75 Å². The van der Waals surface area contributed by atoms with Crippen molar-refractivity contribution in [2.24, 2.45) is 0 Å². The maximum Gasteiger partial charge on any atom is 0.129 e. The average molecular weight is 199 g/mol. The summed E-state index contributed by atoms with van der Waals surface area (Å²) in [4.78, 5) is 4.34. The summed E-state index contributed by atoms with van der Waals surface area (Å²) in [7, 11) is 1.66. The van der Waals surface area contributed by atoms with Crippen LogP contribution in [0.3, 0.4) is 0 Å². The van der Waals surface area contributed by atoms with E-state index < -0.39 is 0 Å². The molecule has 0 unspecified atom stereocenters. The number of hydrogen-bond acceptors (Lipinski definition) is 3. The molecule has 2 heterocycles. The maximum atomic E-state index is 5.32. The third kappa shape index (κ3) is 1.08. The molecule has 1 aromatic carbocycles. The molecule has 0 saturated carbocycles. The van der Waals surface area contributed by atoms with E-state index in [9.17, 15) is 0 Å². The van der Waals surface area contributed by atoms with Gasteiger partial charge in [0, 0.05) is 5.39 Å². The summed E-state index contributed by atoms with van der Waals surface area (Å²) in [5.74, 6) is 0.826. The molecule has 1 N–H and O–H groups in total. The van der Waals surface area contributed by atoms with Gasteiger partial charge in [-0.1, -0.05) is 6.07 Å². The number of fused-ring (bicyclic) bond motifs is 3. The standard InChI is InChI=1S/C11H9N3O/c1-15-10-4-2-3-8-11(10)7-5-13-14-9(7)6-12-8/h2-6H,1H3,(H,13,14). The van der Waals surface area contributed by atoms with Crippen LogP contribution in [0.15, 0.2) is 30.6 Å². The molecule has 0 aliphatic heterocycles. The van der Waals surface area contributed by atoms with Crippen molar-refractivity contribution < 1.29 is 4.74 Å². The van der Waals surface area contributed by atoms with Crippen molar-refractivity contribution in [1.82, 2.24) is 15.2 Å². The van der Waals surface area contributed by atoms with Gasteiger partial charge >= 0.3 is 0 Å². The van der Waals surface area contributed by atoms with E-state index in [1.165, 1.54) is 0 Å². The molecule has 0 aliphatic rings. The van der Waals surface area contributed by atoms with E-state index >= 15 is 0 Å². The second-order valence-corrected chi connectivity index (χ2v) is 3.31. The number of rotatable bonds is 1. The zero-order valence-electron chi connectivity index (χ0n) is 8.19. The minimum Gasteiger partial charge on any atom is -0.496 e. The number of H-pyrrole nitrogens is 1. The number of ether oxygens (including phenoxy) is 1. The summed E-state index contributed by atoms with van der Waals surface area (Å²) >= 11 is 0. The summed E-state index contributed by atoms with van der Waals surface area (Å²) < 4.78 is 5.32. The van der Waals surface area contributed by atoms with E-state index in [4.69, 9.17) is 4.74 Å². The van der Waals surface area contributed by atoms with E-state index in [1.807, 2.05) is 18.2 Å². The van der Waals surface area contributed by atoms with Crippen LogP contribution < -0.4 is 4.74 Å². The number of hydrogen-bond donors (Lipinski definition) is 1. The first-order valence-corrected chi connectivity index (χ1v) is 4.65. The summed E-state index contributed by atoms with van der Waals surface area (Å²) in [5.41, 5.74) is 1.84. The van der Waals surface area contributed by atoms with Crippen molar-refractivity contribution in [3.8, 4) is 5.75 Å². The predicted octanol–water partition coefficient (Wildman–Crippen LogP) is 2.12. The highest BCUT2D eigenvalue weighted by Crippen LogP contribution is 2.29. The van der Waals surface area contributed by atoms with Gasteiger partial charge in [-0.2, -0.15) is 5.10 Å². The maximum absolute atomic E-state index is 5.32. The molecule has 3 aromatic rings. The lowest BCUT2D eigenvalue weighted by Crippen LogP contribution is -1.86. The lowest BCUT2D eigenvalue weighted by atomic mass is 10.1. The molecule has 3 rings (SSSR count). The third-order valence-corrected chi connectivity index (χ3v) is 2.50. The minimum atomic E-state index is 0.826. The molecule has 15 heavy (non-hydrogen) atoms. The van der Waals surface area contributed by atoms with Gasteiger partial charge in [0.1, 0.15) is 5.75 Å². The van der Waals surface area contributed by atoms with E-state index in [2.05, 4.69) is 15.2 Å². The Labute approximate surface area is 85.9 Å². The van der Waals surface area contributed by atoms with Gasteiger partial charge in [0.25, 0.3) is 0 Å². The summed E-state index contributed by atoms with van der Waals surface area (Å²) in [6.07, 6.45) is 3.58. The highest BCUT2D eigenvalue weighted by Gasteiger charge is 2.07. The average Bonchev–Trinajstić information content (AvgIpc) is 2.76. The Morgan fingerprint density at radius 3 is 3.07 bits per heavy atom. The third-order valence-electron chi connectivity index (χ3n) is 2.50. The zero-order chi connectivity index (χ0) is 10.3. The molecule has 74 valence electrons. The van der Waals surface area contributed by atoms with Gasteiger partial charge in [-0.25, -0.2) is 0 Å². The number of aromatic nitrogens is 3. The van der Waals surface area contributed by atoms with E-state index in [0.29, 0.717) is 0 Å². The number of methoxy groups -OCH3 is 1. The summed E-state index contributed by atoms with van der Waals surface area (Å²) in [5, 5.41) is 8.95. The molecular weight excluding hydrogens is 190 g/mol. The quantitative estimate of drug-likeness (QED) is 0.653. The number of pyridine rings is 1. The largest absolute Gasteiger partial charge is 0.496 e. The van der Waals surface area contributed by atoms with Gasteiger partial charge < -0.3 is 4.74 Å². The first kappa shape index (κ1) is 8.23. The molecule has 4 heteroatoms. The molecule has 2 aromatic heterocycles. The molecule has 0 amide bonds. The SMILES string of the molecule is COc1cccc2ncc3[nH]ncc3c12. The Balaban J connectivity index is 2.58. The van der Waals surface area contributed by atoms with Gasteiger partial charge in [-0.05, 0) is 12.1 Å². The molecular formula is C11H9N3O. The van der Waals surface area contributed by atoms with Gasteiger partial charge in [0.15, 0.2) is 0 Å². The van der Waals surface area contributed by atoms with Gasteiger partial charge in [-0.3, -0.25) is 10.1 Å². The first-order valence-electron chi connectivity index (χ1n) is 4.65. The van der Waals surface area contributed by atoms with Crippen LogP contribution in [0.1, 0.15) is 0 Å². The molecule has 0 aliphatic carbocycles. The van der Waals surface area contributed by atoms with Crippen LogP contribution in [0, 0.1) is 0 Å². The summed E-state index contributed by atoms with van der Waals surface area (Å²) in [6.45, 7) is 0. The lowest BCUT2D eigenvalue weighted by molar-refractivity contribution is 0.420. The van der Waals surface area contributed by atoms with Crippen LogP contribution in [-0.4, -0.2) is 22.3 Å². The highest BCUT2D eigenvalue weighted by molar-refractivity contribution is 6.07. The van der Waals surface area contributed by atoms with Gasteiger partial charge in [0.05, 0.1) is 35.9 Å². The fourth-order valence-electron chi connectivity index (χ4n) is 1.80. The van der Waals surface area contributed by atoms with Crippen molar-refractivity contribution >= 4 is 21.8 Å². The number of nitrogens with zero attached hydrogens (tertiary/aromatic N) is 2. The highest BCUT2D eigenvalue weighted by atomic mass is 16.5. The Kier molecular flexibility index (Phi) is 1.62. The Morgan fingerprint density at radius 1 is 1.27 bits per heavy atom. The molecule has 4 nitrogen and oxygen atoms in total. The fourth-order valence-corrected chi connectivity index (χ4v) is 1.80. The lowest BCUT2D eigenvalue weighted by Gasteiger charge is -2.04. The van der Waals surface area contributed by atoms with Crippen LogP contribution in [-0.2, 0) is 0 Å². The minimum absolute atomic E-state index is 0.826. The molecule has 0 saturated heterocycles. The monoisotopic (exact) mass is 199 g/mol. The molecule has 0 fully saturated rings. The molecule has 0 spiro atoms. The fraction of sp³-hybridized carbons (Fsp3) is 0.0909. The summed E-state index contributed by atoms with van der Waals surface area (Å²) in [6, 6.07) is 5.82. The first-order chi connectivity index (χ1) is 7.40. The number of benzene rings is 1. The van der Waals surface area contributed by atoms with Crippen molar-refractivity contribution in [3.63, 3.8) is 0 Å². The second-order valence-electron chi connectivity index (χ2n) is 3.31. The topological polar surface area (TPSA) is 50.8 Å². The van der Waals surface area contributed by atoms with Gasteiger partial charge in [-0.15, -0.1) is 0 Å². The zero-order valence-corrected chi connectivity index (χ0v) is 8.19. The van der Waals surface area contributed by atoms with Crippen molar-refractivity contribution in [1.29, 1.82) is 0 Å². The van der Waals surface area contributed by atoms with Crippen LogP contribution in [0.4, 0.5) is 0 Å². The van der Waals surface area contributed by atoms with Crippen molar-refractivity contribution in [2.75, 3.05) is 7.11 Å². The smallest absolute Gasteiger partial charge is 0.129 e. The molecule has 0 bridgehead atoms.